The molecule has 0 saturated heterocycles. The summed E-state index contributed by atoms with van der Waals surface area (Å²) < 4.78 is 2.07. The summed E-state index contributed by atoms with van der Waals surface area (Å²) in [4.78, 5) is 7.24. The van der Waals surface area contributed by atoms with Gasteiger partial charge < -0.3 is 10.6 Å². The zero-order chi connectivity index (χ0) is 17.4. The van der Waals surface area contributed by atoms with Crippen molar-refractivity contribution in [2.45, 2.75) is 59.5 Å². The van der Waals surface area contributed by atoms with Crippen molar-refractivity contribution in [3.05, 3.63) is 17.5 Å². The van der Waals surface area contributed by atoms with E-state index in [2.05, 4.69) is 57.1 Å². The lowest BCUT2D eigenvalue weighted by atomic mass is 10.4. The van der Waals surface area contributed by atoms with Crippen LogP contribution in [0.15, 0.2) is 11.1 Å². The second kappa shape index (κ2) is 11.7. The summed E-state index contributed by atoms with van der Waals surface area (Å²) in [6.45, 7) is 14.3. The van der Waals surface area contributed by atoms with Gasteiger partial charge in [-0.2, -0.15) is 5.10 Å². The van der Waals surface area contributed by atoms with Crippen molar-refractivity contribution in [1.29, 1.82) is 0 Å². The van der Waals surface area contributed by atoms with E-state index in [1.165, 1.54) is 18.5 Å². The Hall–Kier alpha value is -0.830. The maximum Gasteiger partial charge on any atom is 0.191 e. The van der Waals surface area contributed by atoms with E-state index in [0.717, 1.165) is 63.4 Å². The highest BCUT2D eigenvalue weighted by Crippen LogP contribution is 2.25. The van der Waals surface area contributed by atoms with Crippen LogP contribution < -0.4 is 10.6 Å². The van der Waals surface area contributed by atoms with Crippen LogP contribution in [0.25, 0.3) is 0 Å². The van der Waals surface area contributed by atoms with E-state index in [-0.39, 0.29) is 24.0 Å². The minimum absolute atomic E-state index is 0. The number of likely N-dealkylation sites (N-methyl/N-ethyl adjacent to an activating group) is 1. The van der Waals surface area contributed by atoms with E-state index in [4.69, 9.17) is 0 Å². The molecule has 2 rings (SSSR count). The van der Waals surface area contributed by atoms with Crippen molar-refractivity contribution in [2.75, 3.05) is 32.7 Å². The van der Waals surface area contributed by atoms with Gasteiger partial charge in [0.25, 0.3) is 0 Å². The van der Waals surface area contributed by atoms with Gasteiger partial charge in [-0.25, -0.2) is 0 Å². The third-order valence-corrected chi connectivity index (χ3v) is 4.41. The Bertz CT molecular complexity index is 524. The molecule has 1 aliphatic rings. The number of nitrogens with one attached hydrogen (secondary N) is 2. The molecule has 0 aromatic carbocycles. The SMILES string of the molecule is CCNC(=NCCCn1nc(C)cc1C)NCCN(CC)C1CC1.I. The number of guanidine groups is 1. The average Bonchev–Trinajstić information content (AvgIpc) is 3.33. The zero-order valence-corrected chi connectivity index (χ0v) is 18.5. The third-order valence-electron chi connectivity index (χ3n) is 4.41. The molecular weight excluding hydrogens is 427 g/mol. The molecule has 1 aromatic heterocycles. The fourth-order valence-corrected chi connectivity index (χ4v) is 3.01. The Morgan fingerprint density at radius 1 is 1.32 bits per heavy atom. The van der Waals surface area contributed by atoms with Crippen molar-refractivity contribution < 1.29 is 0 Å². The summed E-state index contributed by atoms with van der Waals surface area (Å²) in [5.41, 5.74) is 2.31. The van der Waals surface area contributed by atoms with E-state index in [0.29, 0.717) is 0 Å². The molecule has 0 aliphatic heterocycles. The average molecular weight is 462 g/mol. The van der Waals surface area contributed by atoms with Crippen LogP contribution in [-0.4, -0.2) is 59.4 Å². The molecule has 1 aromatic rings. The molecule has 0 radical (unpaired) electrons. The van der Waals surface area contributed by atoms with Crippen molar-refractivity contribution in [2.24, 2.45) is 4.99 Å². The lowest BCUT2D eigenvalue weighted by Crippen LogP contribution is -2.42. The normalized spacial score (nSPS) is 14.5. The summed E-state index contributed by atoms with van der Waals surface area (Å²) >= 11 is 0. The second-order valence-corrected chi connectivity index (χ2v) is 6.55. The van der Waals surface area contributed by atoms with E-state index in [1.807, 2.05) is 6.92 Å². The highest BCUT2D eigenvalue weighted by Gasteiger charge is 2.27. The predicted molar refractivity (Wildman–Crippen MR) is 116 cm³/mol. The van der Waals surface area contributed by atoms with Gasteiger partial charge in [-0.05, 0) is 52.6 Å². The zero-order valence-electron chi connectivity index (χ0n) is 16.2. The molecular formula is C18H35IN6. The minimum atomic E-state index is 0. The molecule has 1 aliphatic carbocycles. The van der Waals surface area contributed by atoms with Crippen LogP contribution in [0.3, 0.4) is 0 Å². The molecule has 1 heterocycles. The summed E-state index contributed by atoms with van der Waals surface area (Å²) in [5, 5.41) is 11.3. The maximum atomic E-state index is 4.68. The van der Waals surface area contributed by atoms with Crippen molar-refractivity contribution in [3.63, 3.8) is 0 Å². The van der Waals surface area contributed by atoms with Crippen molar-refractivity contribution in [1.82, 2.24) is 25.3 Å². The van der Waals surface area contributed by atoms with Crippen LogP contribution >= 0.6 is 24.0 Å². The molecule has 0 amide bonds. The Balaban J connectivity index is 0.00000312. The Morgan fingerprint density at radius 3 is 2.64 bits per heavy atom. The molecule has 0 unspecified atom stereocenters. The Labute approximate surface area is 169 Å². The van der Waals surface area contributed by atoms with Gasteiger partial charge >= 0.3 is 0 Å². The first-order chi connectivity index (χ1) is 11.6. The number of rotatable bonds is 10. The van der Waals surface area contributed by atoms with Gasteiger partial charge in [-0.3, -0.25) is 14.6 Å². The molecule has 2 N–H and O–H groups in total. The monoisotopic (exact) mass is 462 g/mol. The van der Waals surface area contributed by atoms with E-state index < -0.39 is 0 Å². The number of nitrogens with zero attached hydrogens (tertiary/aromatic N) is 4. The molecule has 25 heavy (non-hydrogen) atoms. The Morgan fingerprint density at radius 2 is 2.08 bits per heavy atom. The van der Waals surface area contributed by atoms with Crippen LogP contribution in [0.4, 0.5) is 0 Å². The van der Waals surface area contributed by atoms with Gasteiger partial charge in [0.15, 0.2) is 5.96 Å². The first-order valence-electron chi connectivity index (χ1n) is 9.41. The molecule has 1 saturated carbocycles. The number of halogens is 1. The van der Waals surface area contributed by atoms with Crippen LogP contribution in [-0.2, 0) is 6.54 Å². The fraction of sp³-hybridized carbons (Fsp3) is 0.778. The third kappa shape index (κ3) is 7.94. The molecule has 6 nitrogen and oxygen atoms in total. The van der Waals surface area contributed by atoms with Crippen molar-refractivity contribution >= 4 is 29.9 Å². The number of hydrogen-bond acceptors (Lipinski definition) is 3. The lowest BCUT2D eigenvalue weighted by Gasteiger charge is -2.20. The van der Waals surface area contributed by atoms with Gasteiger partial charge in [0.1, 0.15) is 0 Å². The summed E-state index contributed by atoms with van der Waals surface area (Å²) in [7, 11) is 0. The number of aryl methyl sites for hydroxylation is 3. The number of hydrogen-bond donors (Lipinski definition) is 2. The second-order valence-electron chi connectivity index (χ2n) is 6.55. The first kappa shape index (κ1) is 22.2. The smallest absolute Gasteiger partial charge is 0.191 e. The summed E-state index contributed by atoms with van der Waals surface area (Å²) in [6, 6.07) is 2.95. The highest BCUT2D eigenvalue weighted by molar-refractivity contribution is 14.0. The standard InChI is InChI=1S/C18H34N6.HI/c1-5-19-18(21-11-13-23(6-2)17-8-9-17)20-10-7-12-24-16(4)14-15(3)22-24;/h14,17H,5-13H2,1-4H3,(H2,19,20,21);1H. The fourth-order valence-electron chi connectivity index (χ4n) is 3.01. The molecule has 7 heteroatoms. The van der Waals surface area contributed by atoms with Gasteiger partial charge in [0, 0.05) is 44.5 Å². The molecule has 0 atom stereocenters. The summed E-state index contributed by atoms with van der Waals surface area (Å²) in [5.74, 6) is 0.928. The number of aromatic nitrogens is 2. The summed E-state index contributed by atoms with van der Waals surface area (Å²) in [6.07, 6.45) is 3.74. The quantitative estimate of drug-likeness (QED) is 0.243. The largest absolute Gasteiger partial charge is 0.357 e. The molecule has 144 valence electrons. The van der Waals surface area contributed by atoms with Crippen molar-refractivity contribution in [3.8, 4) is 0 Å². The minimum Gasteiger partial charge on any atom is -0.357 e. The number of aliphatic imine (C=N–C) groups is 1. The van der Waals surface area contributed by atoms with Crippen LogP contribution in [0, 0.1) is 13.8 Å². The van der Waals surface area contributed by atoms with Gasteiger partial charge in [-0.1, -0.05) is 6.92 Å². The highest BCUT2D eigenvalue weighted by atomic mass is 127. The van der Waals surface area contributed by atoms with Crippen LogP contribution in [0.2, 0.25) is 0 Å². The van der Waals surface area contributed by atoms with E-state index in [9.17, 15) is 0 Å². The molecule has 0 spiro atoms. The van der Waals surface area contributed by atoms with Gasteiger partial charge in [0.2, 0.25) is 0 Å². The van der Waals surface area contributed by atoms with Crippen LogP contribution in [0.5, 0.6) is 0 Å². The lowest BCUT2D eigenvalue weighted by molar-refractivity contribution is 0.282. The topological polar surface area (TPSA) is 57.5 Å². The Kier molecular flexibility index (Phi) is 10.4. The van der Waals surface area contributed by atoms with E-state index in [1.54, 1.807) is 0 Å². The van der Waals surface area contributed by atoms with Crippen LogP contribution in [0.1, 0.15) is 44.5 Å². The molecule has 0 bridgehead atoms. The predicted octanol–water partition coefficient (Wildman–Crippen LogP) is 2.55. The maximum absolute atomic E-state index is 4.68. The molecule has 1 fully saturated rings. The van der Waals surface area contributed by atoms with Gasteiger partial charge in [-0.15, -0.1) is 24.0 Å². The first-order valence-corrected chi connectivity index (χ1v) is 9.41. The van der Waals surface area contributed by atoms with Gasteiger partial charge in [0.05, 0.1) is 5.69 Å². The van der Waals surface area contributed by atoms with E-state index >= 15 is 0 Å².